The Balaban J connectivity index is 1.37. The first-order valence-electron chi connectivity index (χ1n) is 8.95. The van der Waals surface area contributed by atoms with E-state index in [-0.39, 0.29) is 12.0 Å². The number of fused-ring (bicyclic) bond motifs is 1. The summed E-state index contributed by atoms with van der Waals surface area (Å²) >= 11 is 0. The minimum Gasteiger partial charge on any atom is -0.373 e. The van der Waals surface area contributed by atoms with Gasteiger partial charge in [-0.15, -0.1) is 0 Å². The quantitative estimate of drug-likeness (QED) is 0.780. The van der Waals surface area contributed by atoms with E-state index in [4.69, 9.17) is 4.74 Å². The Bertz CT molecular complexity index is 563. The molecule has 4 rings (SSSR count). The first-order chi connectivity index (χ1) is 11.8. The van der Waals surface area contributed by atoms with E-state index in [1.807, 2.05) is 4.90 Å². The number of hydrogen-bond donors (Lipinski definition) is 0. The average Bonchev–Trinajstić information content (AvgIpc) is 3.29. The number of hydrogen-bond acceptors (Lipinski definition) is 6. The third-order valence-corrected chi connectivity index (χ3v) is 5.44. The molecule has 24 heavy (non-hydrogen) atoms. The van der Waals surface area contributed by atoms with Gasteiger partial charge >= 0.3 is 0 Å². The molecule has 0 aliphatic carbocycles. The summed E-state index contributed by atoms with van der Waals surface area (Å²) in [7, 11) is 0. The Hall–Kier alpha value is -1.57. The molecule has 0 radical (unpaired) electrons. The maximum atomic E-state index is 12.6. The zero-order chi connectivity index (χ0) is 16.4. The molecule has 3 fully saturated rings. The summed E-state index contributed by atoms with van der Waals surface area (Å²) in [4.78, 5) is 19.6. The first kappa shape index (κ1) is 15.9. The Morgan fingerprint density at radius 3 is 2.83 bits per heavy atom. The van der Waals surface area contributed by atoms with Crippen molar-refractivity contribution < 1.29 is 9.53 Å². The van der Waals surface area contributed by atoms with E-state index in [1.54, 1.807) is 12.3 Å². The number of rotatable bonds is 4. The Morgan fingerprint density at radius 2 is 2.04 bits per heavy atom. The van der Waals surface area contributed by atoms with Crippen LogP contribution in [0, 0.1) is 0 Å². The van der Waals surface area contributed by atoms with Gasteiger partial charge in [-0.1, -0.05) is 0 Å². The van der Waals surface area contributed by atoms with E-state index in [1.165, 1.54) is 32.1 Å². The molecule has 0 N–H and O–H groups in total. The van der Waals surface area contributed by atoms with Crippen LogP contribution in [0.4, 0.5) is 0 Å². The van der Waals surface area contributed by atoms with Crippen LogP contribution in [-0.4, -0.2) is 95.4 Å². The molecular formula is C17H25N5O2. The lowest BCUT2D eigenvalue weighted by Gasteiger charge is -2.37. The summed E-state index contributed by atoms with van der Waals surface area (Å²) in [5.41, 5.74) is 0.604. The highest BCUT2D eigenvalue weighted by atomic mass is 16.5. The van der Waals surface area contributed by atoms with Crippen molar-refractivity contribution in [2.24, 2.45) is 0 Å². The highest BCUT2D eigenvalue weighted by molar-refractivity contribution is 5.94. The minimum absolute atomic E-state index is 0.0300. The van der Waals surface area contributed by atoms with Crippen LogP contribution in [-0.2, 0) is 4.74 Å². The van der Waals surface area contributed by atoms with Crippen LogP contribution in [0.1, 0.15) is 23.2 Å². The molecule has 7 nitrogen and oxygen atoms in total. The fraction of sp³-hybridized carbons (Fsp3) is 0.706. The van der Waals surface area contributed by atoms with Gasteiger partial charge in [-0.05, 0) is 32.0 Å². The molecule has 7 heteroatoms. The van der Waals surface area contributed by atoms with E-state index >= 15 is 0 Å². The summed E-state index contributed by atoms with van der Waals surface area (Å²) in [6.45, 7) is 7.82. The molecule has 1 aromatic heterocycles. The van der Waals surface area contributed by atoms with Gasteiger partial charge in [0.25, 0.3) is 5.91 Å². The van der Waals surface area contributed by atoms with Gasteiger partial charge in [-0.2, -0.15) is 10.2 Å². The van der Waals surface area contributed by atoms with Crippen molar-refractivity contribution in [3.8, 4) is 0 Å². The molecule has 0 saturated carbocycles. The van der Waals surface area contributed by atoms with Gasteiger partial charge in [0, 0.05) is 32.7 Å². The number of amides is 1. The van der Waals surface area contributed by atoms with E-state index in [0.717, 1.165) is 32.8 Å². The van der Waals surface area contributed by atoms with E-state index in [0.29, 0.717) is 18.2 Å². The highest BCUT2D eigenvalue weighted by Gasteiger charge is 2.41. The monoisotopic (exact) mass is 331 g/mol. The first-order valence-corrected chi connectivity index (χ1v) is 8.95. The highest BCUT2D eigenvalue weighted by Crippen LogP contribution is 2.24. The molecule has 130 valence electrons. The van der Waals surface area contributed by atoms with Crippen LogP contribution >= 0.6 is 0 Å². The number of carbonyl (C=O) groups excluding carboxylic acids is 1. The number of carbonyl (C=O) groups is 1. The number of nitrogens with zero attached hydrogens (tertiary/aromatic N) is 5. The fourth-order valence-corrected chi connectivity index (χ4v) is 4.08. The predicted octanol–water partition coefficient (Wildman–Crippen LogP) is 0.0976. The minimum atomic E-state index is 0.0300. The van der Waals surface area contributed by atoms with Crippen LogP contribution in [0.25, 0.3) is 0 Å². The Labute approximate surface area is 142 Å². The summed E-state index contributed by atoms with van der Waals surface area (Å²) in [5.74, 6) is 0.0300. The molecule has 0 aromatic carbocycles. The normalized spacial score (nSPS) is 28.2. The summed E-state index contributed by atoms with van der Waals surface area (Å²) in [6.07, 6.45) is 5.90. The molecule has 3 aliphatic heterocycles. The number of morpholine rings is 1. The zero-order valence-corrected chi connectivity index (χ0v) is 14.0. The van der Waals surface area contributed by atoms with Gasteiger partial charge in [0.15, 0.2) is 0 Å². The average molecular weight is 331 g/mol. The molecular weight excluding hydrogens is 306 g/mol. The van der Waals surface area contributed by atoms with Gasteiger partial charge in [0.1, 0.15) is 0 Å². The third kappa shape index (κ3) is 3.29. The second-order valence-electron chi connectivity index (χ2n) is 6.90. The molecule has 0 bridgehead atoms. The number of likely N-dealkylation sites (tertiary alicyclic amines) is 2. The maximum Gasteiger partial charge on any atom is 0.255 e. The molecule has 4 heterocycles. The van der Waals surface area contributed by atoms with Crippen molar-refractivity contribution in [2.75, 3.05) is 52.4 Å². The molecule has 3 aliphatic rings. The zero-order valence-electron chi connectivity index (χ0n) is 14.0. The van der Waals surface area contributed by atoms with Gasteiger partial charge < -0.3 is 14.5 Å². The molecule has 0 spiro atoms. The fourth-order valence-electron chi connectivity index (χ4n) is 4.08. The van der Waals surface area contributed by atoms with Gasteiger partial charge in [-0.25, -0.2) is 0 Å². The molecule has 1 aromatic rings. The Kier molecular flexibility index (Phi) is 4.73. The molecule has 1 amide bonds. The van der Waals surface area contributed by atoms with E-state index in [2.05, 4.69) is 20.0 Å². The lowest BCUT2D eigenvalue weighted by atomic mass is 10.1. The van der Waals surface area contributed by atoms with Gasteiger partial charge in [0.05, 0.1) is 36.7 Å². The second-order valence-corrected chi connectivity index (χ2v) is 6.90. The summed E-state index contributed by atoms with van der Waals surface area (Å²) in [5, 5.41) is 7.55. The summed E-state index contributed by atoms with van der Waals surface area (Å²) in [6, 6.07) is 2.05. The van der Waals surface area contributed by atoms with Crippen LogP contribution < -0.4 is 0 Å². The van der Waals surface area contributed by atoms with Gasteiger partial charge in [0.2, 0.25) is 0 Å². The van der Waals surface area contributed by atoms with Crippen molar-refractivity contribution in [2.45, 2.75) is 25.0 Å². The van der Waals surface area contributed by atoms with Crippen LogP contribution in [0.5, 0.6) is 0 Å². The lowest BCUT2D eigenvalue weighted by Crippen LogP contribution is -2.52. The van der Waals surface area contributed by atoms with Crippen LogP contribution in [0.3, 0.4) is 0 Å². The maximum absolute atomic E-state index is 12.6. The Morgan fingerprint density at radius 1 is 1.17 bits per heavy atom. The number of ether oxygens (including phenoxy) is 1. The van der Waals surface area contributed by atoms with Crippen molar-refractivity contribution in [3.63, 3.8) is 0 Å². The summed E-state index contributed by atoms with van der Waals surface area (Å²) < 4.78 is 5.94. The molecule has 3 saturated heterocycles. The molecule has 0 unspecified atom stereocenters. The standard InChI is InChI=1S/C17H25N5O2/c23-17(14-3-4-18-19-11-14)22-12-15-16(13-22)24-10-9-21(15)8-7-20-5-1-2-6-20/h3-4,11,15-16H,1-2,5-10,12-13H2/t15-,16+/m1/s1. The largest absolute Gasteiger partial charge is 0.373 e. The van der Waals surface area contributed by atoms with Crippen molar-refractivity contribution in [1.82, 2.24) is 24.9 Å². The topological polar surface area (TPSA) is 61.8 Å². The van der Waals surface area contributed by atoms with Crippen molar-refractivity contribution in [1.29, 1.82) is 0 Å². The SMILES string of the molecule is O=C(c1ccnnc1)N1C[C@@H]2OCCN(CCN3CCCC3)[C@@H]2C1. The van der Waals surface area contributed by atoms with Gasteiger partial charge in [-0.3, -0.25) is 9.69 Å². The molecule has 2 atom stereocenters. The van der Waals surface area contributed by atoms with E-state index < -0.39 is 0 Å². The third-order valence-electron chi connectivity index (χ3n) is 5.44. The van der Waals surface area contributed by atoms with Crippen LogP contribution in [0.15, 0.2) is 18.5 Å². The smallest absolute Gasteiger partial charge is 0.255 e. The second kappa shape index (κ2) is 7.13. The van der Waals surface area contributed by atoms with E-state index in [9.17, 15) is 4.79 Å². The number of aromatic nitrogens is 2. The van der Waals surface area contributed by atoms with Crippen LogP contribution in [0.2, 0.25) is 0 Å². The lowest BCUT2D eigenvalue weighted by molar-refractivity contribution is -0.0487. The van der Waals surface area contributed by atoms with Crippen molar-refractivity contribution >= 4 is 5.91 Å². The predicted molar refractivity (Wildman–Crippen MR) is 88.7 cm³/mol. The van der Waals surface area contributed by atoms with Crippen molar-refractivity contribution in [3.05, 3.63) is 24.0 Å².